The van der Waals surface area contributed by atoms with Gasteiger partial charge in [0, 0.05) is 23.1 Å². The van der Waals surface area contributed by atoms with Crippen molar-refractivity contribution in [2.75, 3.05) is 0 Å². The number of hydrogen-bond acceptors (Lipinski definition) is 6. The lowest BCUT2D eigenvalue weighted by molar-refractivity contribution is -0.387. The van der Waals surface area contributed by atoms with Gasteiger partial charge in [-0.15, -0.1) is 11.3 Å². The molecular weight excluding hydrogens is 276 g/mol. The first-order chi connectivity index (χ1) is 8.58. The van der Waals surface area contributed by atoms with E-state index >= 15 is 0 Å². The molecule has 1 aromatic heterocycles. The van der Waals surface area contributed by atoms with Crippen molar-refractivity contribution in [2.24, 2.45) is 0 Å². The fourth-order valence-electron chi connectivity index (χ4n) is 1.27. The number of rotatable bonds is 4. The quantitative estimate of drug-likeness (QED) is 0.630. The van der Waals surface area contributed by atoms with Crippen LogP contribution in [0.25, 0.3) is 0 Å². The van der Waals surface area contributed by atoms with Gasteiger partial charge in [0.15, 0.2) is 0 Å². The van der Waals surface area contributed by atoms with Gasteiger partial charge >= 0.3 is 0 Å². The summed E-state index contributed by atoms with van der Waals surface area (Å²) in [7, 11) is 0. The van der Waals surface area contributed by atoms with Gasteiger partial charge in [0.05, 0.1) is 9.85 Å². The SMILES string of the molecule is O=[N+]([O-])c1cccc(Sc2sccc2[N+](=O)[O-])c1. The van der Waals surface area contributed by atoms with Crippen LogP contribution in [0, 0.1) is 20.2 Å². The van der Waals surface area contributed by atoms with Gasteiger partial charge in [-0.05, 0) is 11.4 Å². The molecule has 1 aromatic carbocycles. The van der Waals surface area contributed by atoms with Crippen molar-refractivity contribution in [3.05, 3.63) is 55.9 Å². The molecule has 2 rings (SSSR count). The third kappa shape index (κ3) is 2.66. The molecule has 92 valence electrons. The minimum atomic E-state index is -0.493. The molecule has 2 aromatic rings. The predicted molar refractivity (Wildman–Crippen MR) is 68.2 cm³/mol. The summed E-state index contributed by atoms with van der Waals surface area (Å²) in [6.45, 7) is 0. The second kappa shape index (κ2) is 5.15. The van der Waals surface area contributed by atoms with Gasteiger partial charge in [-0.25, -0.2) is 0 Å². The van der Waals surface area contributed by atoms with Crippen LogP contribution in [0.4, 0.5) is 11.4 Å². The Hall–Kier alpha value is -1.93. The highest BCUT2D eigenvalue weighted by Gasteiger charge is 2.17. The van der Waals surface area contributed by atoms with Gasteiger partial charge in [-0.1, -0.05) is 17.8 Å². The number of thiophene rings is 1. The highest BCUT2D eigenvalue weighted by Crippen LogP contribution is 2.39. The van der Waals surface area contributed by atoms with Crippen molar-refractivity contribution < 1.29 is 9.85 Å². The first-order valence-electron chi connectivity index (χ1n) is 4.72. The minimum Gasteiger partial charge on any atom is -0.258 e. The van der Waals surface area contributed by atoms with Crippen LogP contribution in [0.15, 0.2) is 44.8 Å². The molecule has 0 unspecified atom stereocenters. The molecular formula is C10H6N2O4S2. The van der Waals surface area contributed by atoms with E-state index in [1.165, 1.54) is 29.5 Å². The van der Waals surface area contributed by atoms with Crippen LogP contribution in [0.3, 0.4) is 0 Å². The number of benzene rings is 1. The van der Waals surface area contributed by atoms with Crippen molar-refractivity contribution in [2.45, 2.75) is 9.10 Å². The Kier molecular flexibility index (Phi) is 3.58. The average molecular weight is 282 g/mol. The number of non-ortho nitro benzene ring substituents is 1. The smallest absolute Gasteiger partial charge is 0.258 e. The van der Waals surface area contributed by atoms with E-state index < -0.39 is 9.85 Å². The van der Waals surface area contributed by atoms with Crippen LogP contribution in [0.1, 0.15) is 0 Å². The zero-order valence-electron chi connectivity index (χ0n) is 8.81. The first kappa shape index (κ1) is 12.5. The van der Waals surface area contributed by atoms with Crippen LogP contribution in [-0.2, 0) is 0 Å². The van der Waals surface area contributed by atoms with Gasteiger partial charge in [0.1, 0.15) is 4.21 Å². The number of nitro benzene ring substituents is 1. The Bertz CT molecular complexity index is 611. The second-order valence-electron chi connectivity index (χ2n) is 3.21. The van der Waals surface area contributed by atoms with Crippen molar-refractivity contribution in [1.82, 2.24) is 0 Å². The maximum atomic E-state index is 10.7. The summed E-state index contributed by atoms with van der Waals surface area (Å²) in [4.78, 5) is 21.0. The maximum absolute atomic E-state index is 10.7. The molecule has 0 aliphatic carbocycles. The van der Waals surface area contributed by atoms with E-state index in [0.29, 0.717) is 9.10 Å². The molecule has 0 N–H and O–H groups in total. The predicted octanol–water partition coefficient (Wildman–Crippen LogP) is 3.72. The molecule has 0 fully saturated rings. The molecule has 0 aliphatic heterocycles. The van der Waals surface area contributed by atoms with E-state index in [4.69, 9.17) is 0 Å². The second-order valence-corrected chi connectivity index (χ2v) is 5.47. The zero-order chi connectivity index (χ0) is 13.1. The number of nitrogens with zero attached hydrogens (tertiary/aromatic N) is 2. The zero-order valence-corrected chi connectivity index (χ0v) is 10.4. The lowest BCUT2D eigenvalue weighted by Gasteiger charge is -1.98. The topological polar surface area (TPSA) is 86.3 Å². The van der Waals surface area contributed by atoms with Crippen molar-refractivity contribution in [3.63, 3.8) is 0 Å². The lowest BCUT2D eigenvalue weighted by atomic mass is 10.3. The van der Waals surface area contributed by atoms with Crippen LogP contribution in [0.2, 0.25) is 0 Å². The lowest BCUT2D eigenvalue weighted by Crippen LogP contribution is -1.88. The maximum Gasteiger partial charge on any atom is 0.294 e. The van der Waals surface area contributed by atoms with Gasteiger partial charge in [-0.3, -0.25) is 20.2 Å². The van der Waals surface area contributed by atoms with Crippen LogP contribution >= 0.6 is 23.1 Å². The monoisotopic (exact) mass is 282 g/mol. The molecule has 0 amide bonds. The van der Waals surface area contributed by atoms with Gasteiger partial charge in [0.25, 0.3) is 11.4 Å². The van der Waals surface area contributed by atoms with Crippen LogP contribution < -0.4 is 0 Å². The Balaban J connectivity index is 2.28. The Morgan fingerprint density at radius 3 is 2.56 bits per heavy atom. The van der Waals surface area contributed by atoms with Gasteiger partial charge in [0.2, 0.25) is 0 Å². The molecule has 8 heteroatoms. The first-order valence-corrected chi connectivity index (χ1v) is 6.42. The molecule has 1 heterocycles. The number of nitro groups is 2. The van der Waals surface area contributed by atoms with E-state index in [9.17, 15) is 20.2 Å². The minimum absolute atomic E-state index is 0.0245. The Morgan fingerprint density at radius 2 is 1.89 bits per heavy atom. The summed E-state index contributed by atoms with van der Waals surface area (Å²) >= 11 is 2.39. The fourth-order valence-corrected chi connectivity index (χ4v) is 3.29. The van der Waals surface area contributed by atoms with E-state index in [-0.39, 0.29) is 11.4 Å². The molecule has 0 saturated carbocycles. The summed E-state index contributed by atoms with van der Waals surface area (Å²) in [5, 5.41) is 23.0. The van der Waals surface area contributed by atoms with Crippen molar-refractivity contribution in [3.8, 4) is 0 Å². The Morgan fingerprint density at radius 1 is 1.11 bits per heavy atom. The third-order valence-electron chi connectivity index (χ3n) is 2.05. The molecule has 0 spiro atoms. The van der Waals surface area contributed by atoms with Crippen LogP contribution in [-0.4, -0.2) is 9.85 Å². The molecule has 0 bridgehead atoms. The largest absolute Gasteiger partial charge is 0.294 e. The van der Waals surface area contributed by atoms with Gasteiger partial charge < -0.3 is 0 Å². The highest BCUT2D eigenvalue weighted by molar-refractivity contribution is 8.01. The van der Waals surface area contributed by atoms with Gasteiger partial charge in [-0.2, -0.15) is 0 Å². The highest BCUT2D eigenvalue weighted by atomic mass is 32.2. The Labute approximate surface area is 110 Å². The van der Waals surface area contributed by atoms with E-state index in [1.807, 2.05) is 0 Å². The summed E-state index contributed by atoms with van der Waals surface area (Å²) in [6, 6.07) is 7.44. The van der Waals surface area contributed by atoms with E-state index in [1.54, 1.807) is 17.5 Å². The molecule has 0 aliphatic rings. The molecule has 18 heavy (non-hydrogen) atoms. The van der Waals surface area contributed by atoms with E-state index in [2.05, 4.69) is 0 Å². The standard InChI is InChI=1S/C10H6N2O4S2/c13-11(14)7-2-1-3-8(6-7)18-10-9(12(15)16)4-5-17-10/h1-6H. The van der Waals surface area contributed by atoms with E-state index in [0.717, 1.165) is 11.8 Å². The molecule has 0 radical (unpaired) electrons. The molecule has 0 atom stereocenters. The van der Waals surface area contributed by atoms with Crippen LogP contribution in [0.5, 0.6) is 0 Å². The van der Waals surface area contributed by atoms with Crippen molar-refractivity contribution in [1.29, 1.82) is 0 Å². The average Bonchev–Trinajstić information content (AvgIpc) is 2.77. The van der Waals surface area contributed by atoms with Crippen molar-refractivity contribution >= 4 is 34.5 Å². The number of hydrogen-bond donors (Lipinski definition) is 0. The third-order valence-corrected chi connectivity index (χ3v) is 4.16. The normalized spacial score (nSPS) is 10.2. The molecule has 0 saturated heterocycles. The summed E-state index contributed by atoms with van der Waals surface area (Å²) in [5.74, 6) is 0. The summed E-state index contributed by atoms with van der Waals surface area (Å²) < 4.78 is 0.514. The fraction of sp³-hybridized carbons (Fsp3) is 0. The summed E-state index contributed by atoms with van der Waals surface area (Å²) in [5.41, 5.74) is -0.00397. The summed E-state index contributed by atoms with van der Waals surface area (Å²) in [6.07, 6.45) is 0. The molecule has 6 nitrogen and oxygen atoms in total.